The minimum atomic E-state index is -0.316. The third-order valence-electron chi connectivity index (χ3n) is 3.34. The smallest absolute Gasteiger partial charge is 0.292 e. The van der Waals surface area contributed by atoms with Crippen LogP contribution >= 0.6 is 0 Å². The Morgan fingerprint density at radius 3 is 2.43 bits per heavy atom. The monoisotopic (exact) mass is 293 g/mol. The highest BCUT2D eigenvalue weighted by Crippen LogP contribution is 2.26. The van der Waals surface area contributed by atoms with Gasteiger partial charge < -0.3 is 5.32 Å². The van der Waals surface area contributed by atoms with Crippen LogP contribution in [0.3, 0.4) is 0 Å². The van der Waals surface area contributed by atoms with Gasteiger partial charge in [0.2, 0.25) is 0 Å². The van der Waals surface area contributed by atoms with Gasteiger partial charge in [0.1, 0.15) is 5.69 Å². The second kappa shape index (κ2) is 7.98. The first-order valence-corrected chi connectivity index (χ1v) is 7.60. The van der Waals surface area contributed by atoms with Crippen molar-refractivity contribution in [3.8, 4) is 0 Å². The van der Waals surface area contributed by atoms with Crippen molar-refractivity contribution in [3.63, 3.8) is 0 Å². The Balaban J connectivity index is 2.97. The van der Waals surface area contributed by atoms with Crippen LogP contribution < -0.4 is 5.32 Å². The van der Waals surface area contributed by atoms with Crippen LogP contribution in [0.15, 0.2) is 18.2 Å². The maximum Gasteiger partial charge on any atom is 0.292 e. The van der Waals surface area contributed by atoms with Gasteiger partial charge in [0.15, 0.2) is 0 Å². The Hall–Kier alpha value is -1.62. The number of nitrogens with zero attached hydrogens (tertiary/aromatic N) is 2. The van der Waals surface area contributed by atoms with Crippen molar-refractivity contribution in [2.45, 2.75) is 47.2 Å². The van der Waals surface area contributed by atoms with Gasteiger partial charge in [-0.05, 0) is 38.3 Å². The van der Waals surface area contributed by atoms with Crippen LogP contribution in [0.4, 0.5) is 11.4 Å². The van der Waals surface area contributed by atoms with Crippen molar-refractivity contribution in [1.29, 1.82) is 0 Å². The van der Waals surface area contributed by atoms with E-state index >= 15 is 0 Å². The summed E-state index contributed by atoms with van der Waals surface area (Å²) in [5.74, 6) is 0.573. The molecule has 0 aliphatic rings. The molecule has 0 amide bonds. The highest BCUT2D eigenvalue weighted by molar-refractivity contribution is 5.62. The molecule has 0 aliphatic carbocycles. The zero-order valence-electron chi connectivity index (χ0n) is 13.7. The largest absolute Gasteiger partial charge is 0.380 e. The summed E-state index contributed by atoms with van der Waals surface area (Å²) in [6, 6.07) is 5.89. The zero-order valence-corrected chi connectivity index (χ0v) is 13.7. The predicted octanol–water partition coefficient (Wildman–Crippen LogP) is 3.89. The predicted molar refractivity (Wildman–Crippen MR) is 87.6 cm³/mol. The molecule has 0 aromatic heterocycles. The van der Waals surface area contributed by atoms with Gasteiger partial charge in [-0.2, -0.15) is 0 Å². The Labute approximate surface area is 127 Å². The summed E-state index contributed by atoms with van der Waals surface area (Å²) in [4.78, 5) is 13.2. The van der Waals surface area contributed by atoms with Crippen LogP contribution in [0.25, 0.3) is 0 Å². The summed E-state index contributed by atoms with van der Waals surface area (Å²) in [5, 5.41) is 14.2. The van der Waals surface area contributed by atoms with Crippen LogP contribution in [-0.2, 0) is 6.54 Å². The average Bonchev–Trinajstić information content (AvgIpc) is 2.39. The van der Waals surface area contributed by atoms with Gasteiger partial charge in [0.25, 0.3) is 5.69 Å². The molecule has 1 aromatic carbocycles. The molecule has 118 valence electrons. The maximum atomic E-state index is 11.2. The standard InChI is InChI=1S/C16H27N3O2/c1-6-17-15-8-7-14(9-16(15)19(20)21)11-18(13(4)5)10-12(2)3/h7-9,12-13,17H,6,10-11H2,1-5H3. The fourth-order valence-corrected chi connectivity index (χ4v) is 2.33. The quantitative estimate of drug-likeness (QED) is 0.583. The summed E-state index contributed by atoms with van der Waals surface area (Å²) in [6.07, 6.45) is 0. The van der Waals surface area contributed by atoms with Crippen molar-refractivity contribution < 1.29 is 4.92 Å². The van der Waals surface area contributed by atoms with Crippen LogP contribution in [0.5, 0.6) is 0 Å². The Bertz CT molecular complexity index is 473. The second-order valence-electron chi connectivity index (χ2n) is 6.06. The molecule has 1 rings (SSSR count). The third-order valence-corrected chi connectivity index (χ3v) is 3.34. The summed E-state index contributed by atoms with van der Waals surface area (Å²) in [7, 11) is 0. The molecule has 1 N–H and O–H groups in total. The molecule has 0 saturated heterocycles. The van der Waals surface area contributed by atoms with E-state index in [0.29, 0.717) is 24.2 Å². The van der Waals surface area contributed by atoms with E-state index in [-0.39, 0.29) is 10.6 Å². The lowest BCUT2D eigenvalue weighted by molar-refractivity contribution is -0.384. The first kappa shape index (κ1) is 17.4. The molecule has 0 saturated carbocycles. The van der Waals surface area contributed by atoms with Crippen LogP contribution in [0.2, 0.25) is 0 Å². The topological polar surface area (TPSA) is 58.4 Å². The summed E-state index contributed by atoms with van der Waals surface area (Å²) in [6.45, 7) is 13.0. The van der Waals surface area contributed by atoms with Gasteiger partial charge in [0, 0.05) is 31.7 Å². The van der Waals surface area contributed by atoms with E-state index in [1.807, 2.05) is 19.1 Å². The molecule has 1 aromatic rings. The molecule has 21 heavy (non-hydrogen) atoms. The summed E-state index contributed by atoms with van der Waals surface area (Å²) < 4.78 is 0. The highest BCUT2D eigenvalue weighted by atomic mass is 16.6. The zero-order chi connectivity index (χ0) is 16.0. The summed E-state index contributed by atoms with van der Waals surface area (Å²) in [5.41, 5.74) is 1.73. The highest BCUT2D eigenvalue weighted by Gasteiger charge is 2.17. The molecule has 0 unspecified atom stereocenters. The van der Waals surface area contributed by atoms with Gasteiger partial charge in [0.05, 0.1) is 4.92 Å². The number of nitro benzene ring substituents is 1. The Morgan fingerprint density at radius 1 is 1.29 bits per heavy atom. The molecular weight excluding hydrogens is 266 g/mol. The lowest BCUT2D eigenvalue weighted by atomic mass is 10.1. The lowest BCUT2D eigenvalue weighted by Crippen LogP contribution is -2.33. The number of hydrogen-bond acceptors (Lipinski definition) is 4. The fourth-order valence-electron chi connectivity index (χ4n) is 2.33. The van der Waals surface area contributed by atoms with Gasteiger partial charge in [-0.15, -0.1) is 0 Å². The van der Waals surface area contributed by atoms with Crippen LogP contribution in [0, 0.1) is 16.0 Å². The van der Waals surface area contributed by atoms with Crippen molar-refractivity contribution in [2.24, 2.45) is 5.92 Å². The molecule has 0 fully saturated rings. The number of anilines is 1. The van der Waals surface area contributed by atoms with E-state index < -0.39 is 0 Å². The van der Waals surface area contributed by atoms with E-state index in [1.165, 1.54) is 0 Å². The van der Waals surface area contributed by atoms with Crippen molar-refractivity contribution in [3.05, 3.63) is 33.9 Å². The molecule has 0 bridgehead atoms. The fraction of sp³-hybridized carbons (Fsp3) is 0.625. The third kappa shape index (κ3) is 5.34. The first-order chi connectivity index (χ1) is 9.85. The van der Waals surface area contributed by atoms with Crippen molar-refractivity contribution in [1.82, 2.24) is 4.90 Å². The maximum absolute atomic E-state index is 11.2. The molecule has 5 heteroatoms. The number of rotatable bonds is 8. The Kier molecular flexibility index (Phi) is 6.62. The molecular formula is C16H27N3O2. The molecule has 0 aliphatic heterocycles. The SMILES string of the molecule is CCNc1ccc(CN(CC(C)C)C(C)C)cc1[N+](=O)[O-]. The molecule has 0 heterocycles. The van der Waals surface area contributed by atoms with Gasteiger partial charge in [-0.25, -0.2) is 0 Å². The van der Waals surface area contributed by atoms with E-state index in [0.717, 1.165) is 18.7 Å². The molecule has 0 spiro atoms. The number of nitrogens with one attached hydrogen (secondary N) is 1. The van der Waals surface area contributed by atoms with Crippen LogP contribution in [-0.4, -0.2) is 29.0 Å². The van der Waals surface area contributed by atoms with Crippen LogP contribution in [0.1, 0.15) is 40.2 Å². The minimum absolute atomic E-state index is 0.155. The first-order valence-electron chi connectivity index (χ1n) is 7.60. The lowest BCUT2D eigenvalue weighted by Gasteiger charge is -2.28. The normalized spacial score (nSPS) is 11.4. The molecule has 5 nitrogen and oxygen atoms in total. The Morgan fingerprint density at radius 2 is 1.95 bits per heavy atom. The number of benzene rings is 1. The summed E-state index contributed by atoms with van der Waals surface area (Å²) >= 11 is 0. The van der Waals surface area contributed by atoms with Crippen molar-refractivity contribution >= 4 is 11.4 Å². The van der Waals surface area contributed by atoms with E-state index in [2.05, 4.69) is 37.9 Å². The second-order valence-corrected chi connectivity index (χ2v) is 6.06. The molecule has 0 radical (unpaired) electrons. The number of hydrogen-bond donors (Lipinski definition) is 1. The van der Waals surface area contributed by atoms with Gasteiger partial charge in [-0.1, -0.05) is 19.9 Å². The number of nitro groups is 1. The van der Waals surface area contributed by atoms with Gasteiger partial charge >= 0.3 is 0 Å². The van der Waals surface area contributed by atoms with E-state index in [4.69, 9.17) is 0 Å². The molecule has 0 atom stereocenters. The van der Waals surface area contributed by atoms with Gasteiger partial charge in [-0.3, -0.25) is 15.0 Å². The van der Waals surface area contributed by atoms with E-state index in [9.17, 15) is 10.1 Å². The van der Waals surface area contributed by atoms with E-state index in [1.54, 1.807) is 6.07 Å². The average molecular weight is 293 g/mol. The van der Waals surface area contributed by atoms with Crippen molar-refractivity contribution in [2.75, 3.05) is 18.4 Å². The minimum Gasteiger partial charge on any atom is -0.380 e.